The molecule has 5 N–H and O–H groups in total. The minimum Gasteiger partial charge on any atom is -0.504 e. The van der Waals surface area contributed by atoms with Crippen molar-refractivity contribution in [1.82, 2.24) is 0 Å². The lowest BCUT2D eigenvalue weighted by molar-refractivity contribution is 0.330. The third-order valence-corrected chi connectivity index (χ3v) is 9.66. The van der Waals surface area contributed by atoms with Crippen LogP contribution in [0.2, 0.25) is 0 Å². The van der Waals surface area contributed by atoms with Crippen molar-refractivity contribution in [2.75, 3.05) is 0 Å². The normalized spacial score (nSPS) is 12.8. The number of rotatable bonds is 3. The van der Waals surface area contributed by atoms with Gasteiger partial charge in [-0.2, -0.15) is 0 Å². The first-order chi connectivity index (χ1) is 23.4. The molecule has 0 saturated carbocycles. The highest BCUT2D eigenvalue weighted by Crippen LogP contribution is 2.55. The molecule has 0 amide bonds. The lowest BCUT2D eigenvalue weighted by atomic mass is 9.85. The van der Waals surface area contributed by atoms with Gasteiger partial charge in [-0.25, -0.2) is 0 Å². The molecule has 7 aromatic carbocycles. The van der Waals surface area contributed by atoms with Gasteiger partial charge in [0.05, 0.1) is 5.56 Å². The monoisotopic (exact) mass is 628 g/mol. The van der Waals surface area contributed by atoms with E-state index in [2.05, 4.69) is 66.7 Å². The molecule has 0 saturated heterocycles. The van der Waals surface area contributed by atoms with Gasteiger partial charge in [0.25, 0.3) is 0 Å². The zero-order chi connectivity index (χ0) is 32.7. The van der Waals surface area contributed by atoms with E-state index in [1.807, 2.05) is 30.3 Å². The molecule has 0 spiro atoms. The lowest BCUT2D eigenvalue weighted by Crippen LogP contribution is -1.93. The molecule has 0 atom stereocenters. The maximum atomic E-state index is 10.7. The van der Waals surface area contributed by atoms with E-state index in [-0.39, 0.29) is 5.56 Å². The summed E-state index contributed by atoms with van der Waals surface area (Å²) in [6.45, 7) is 0. The van der Waals surface area contributed by atoms with E-state index in [0.29, 0.717) is 5.56 Å². The van der Waals surface area contributed by atoms with Gasteiger partial charge in [-0.3, -0.25) is 0 Å². The SMILES string of the molecule is Oc1c(O)c(O)c(-c2cccc(-c3c4ccccc4c(-c4ccc5c(c4)oc4ccc6c(c45)C=CCC6)c4ccccc34)c2)c(O)c1O. The second kappa shape index (κ2) is 10.3. The molecule has 0 fully saturated rings. The second-order valence-corrected chi connectivity index (χ2v) is 12.3. The standard InChI is InChI=1S/C42H28O6/c43-38-36(39(44)41(46)42(47)40(38)45)24-10-7-9-23(20-24)34-27-12-3-5-14-29(27)35(30-15-6-4-13-28(30)34)25-16-18-31-33(21-25)48-32-19-17-22-8-1-2-11-26(22)37(31)32/h2-7,9-21,43-47H,1,8H2. The second-order valence-electron chi connectivity index (χ2n) is 12.3. The number of allylic oxidation sites excluding steroid dienone is 1. The van der Waals surface area contributed by atoms with E-state index in [9.17, 15) is 25.5 Å². The van der Waals surface area contributed by atoms with Crippen LogP contribution >= 0.6 is 0 Å². The van der Waals surface area contributed by atoms with E-state index in [4.69, 9.17) is 4.42 Å². The Morgan fingerprint density at radius 1 is 0.458 bits per heavy atom. The maximum absolute atomic E-state index is 10.7. The summed E-state index contributed by atoms with van der Waals surface area (Å²) in [5.74, 6) is -4.29. The van der Waals surface area contributed by atoms with Crippen molar-refractivity contribution in [3.63, 3.8) is 0 Å². The van der Waals surface area contributed by atoms with Crippen LogP contribution in [-0.2, 0) is 6.42 Å². The molecule has 232 valence electrons. The molecule has 6 nitrogen and oxygen atoms in total. The molecule has 0 aliphatic heterocycles. The van der Waals surface area contributed by atoms with Gasteiger partial charge in [0.1, 0.15) is 11.2 Å². The van der Waals surface area contributed by atoms with Crippen LogP contribution in [0, 0.1) is 0 Å². The van der Waals surface area contributed by atoms with Crippen molar-refractivity contribution in [1.29, 1.82) is 0 Å². The van der Waals surface area contributed by atoms with Crippen LogP contribution in [0.4, 0.5) is 0 Å². The van der Waals surface area contributed by atoms with Gasteiger partial charge >= 0.3 is 0 Å². The van der Waals surface area contributed by atoms with E-state index in [0.717, 1.165) is 78.6 Å². The molecule has 1 aliphatic rings. The van der Waals surface area contributed by atoms with Gasteiger partial charge < -0.3 is 29.9 Å². The first-order valence-electron chi connectivity index (χ1n) is 15.8. The van der Waals surface area contributed by atoms with Gasteiger partial charge in [0.2, 0.25) is 17.2 Å². The van der Waals surface area contributed by atoms with E-state index < -0.39 is 28.7 Å². The Morgan fingerprint density at radius 2 is 1.02 bits per heavy atom. The highest BCUT2D eigenvalue weighted by molar-refractivity contribution is 6.22. The number of phenolic OH excluding ortho intramolecular Hbond substituents is 5. The summed E-state index contributed by atoms with van der Waals surface area (Å²) in [5, 5.41) is 58.1. The molecule has 6 heteroatoms. The number of hydrogen-bond acceptors (Lipinski definition) is 6. The smallest absolute Gasteiger partial charge is 0.208 e. The summed E-state index contributed by atoms with van der Waals surface area (Å²) < 4.78 is 6.47. The summed E-state index contributed by atoms with van der Waals surface area (Å²) in [7, 11) is 0. The third-order valence-electron chi connectivity index (χ3n) is 9.66. The van der Waals surface area contributed by atoms with E-state index in [1.54, 1.807) is 18.2 Å². The Kier molecular flexibility index (Phi) is 5.98. The average molecular weight is 629 g/mol. The predicted molar refractivity (Wildman–Crippen MR) is 191 cm³/mol. The van der Waals surface area contributed by atoms with Crippen LogP contribution in [0.3, 0.4) is 0 Å². The quantitative estimate of drug-likeness (QED) is 0.0756. The topological polar surface area (TPSA) is 114 Å². The highest BCUT2D eigenvalue weighted by atomic mass is 16.4. The molecule has 1 aromatic heterocycles. The van der Waals surface area contributed by atoms with Crippen LogP contribution < -0.4 is 0 Å². The molecule has 1 aliphatic carbocycles. The Labute approximate surface area is 274 Å². The van der Waals surface area contributed by atoms with Gasteiger partial charge in [-0.1, -0.05) is 91.0 Å². The molecule has 48 heavy (non-hydrogen) atoms. The number of furan rings is 1. The summed E-state index contributed by atoms with van der Waals surface area (Å²) in [6.07, 6.45) is 6.53. The van der Waals surface area contributed by atoms with Crippen LogP contribution in [0.1, 0.15) is 17.5 Å². The Balaban J connectivity index is 1.29. The van der Waals surface area contributed by atoms with Crippen LogP contribution in [-0.4, -0.2) is 25.5 Å². The third kappa shape index (κ3) is 3.93. The minimum atomic E-state index is -0.991. The van der Waals surface area contributed by atoms with Crippen LogP contribution in [0.25, 0.3) is 82.9 Å². The van der Waals surface area contributed by atoms with Gasteiger partial charge in [0, 0.05) is 10.8 Å². The fraction of sp³-hybridized carbons (Fsp3) is 0.0476. The van der Waals surface area contributed by atoms with Gasteiger partial charge in [0.15, 0.2) is 11.5 Å². The van der Waals surface area contributed by atoms with Gasteiger partial charge in [-0.05, 0) is 97.6 Å². The summed E-state index contributed by atoms with van der Waals surface area (Å²) >= 11 is 0. The lowest BCUT2D eigenvalue weighted by Gasteiger charge is -2.18. The van der Waals surface area contributed by atoms with Crippen LogP contribution in [0.5, 0.6) is 28.7 Å². The molecule has 0 radical (unpaired) electrons. The number of phenols is 5. The van der Waals surface area contributed by atoms with Crippen molar-refractivity contribution >= 4 is 49.6 Å². The number of aromatic hydroxyl groups is 5. The van der Waals surface area contributed by atoms with Gasteiger partial charge in [-0.15, -0.1) is 0 Å². The molecule has 9 rings (SSSR count). The van der Waals surface area contributed by atoms with E-state index >= 15 is 0 Å². The predicted octanol–water partition coefficient (Wildman–Crippen LogP) is 10.4. The summed E-state index contributed by atoms with van der Waals surface area (Å²) in [4.78, 5) is 0. The average Bonchev–Trinajstić information content (AvgIpc) is 3.51. The zero-order valence-corrected chi connectivity index (χ0v) is 25.5. The molecule has 8 aromatic rings. The number of benzene rings is 7. The largest absolute Gasteiger partial charge is 0.504 e. The Hall–Kier alpha value is -6.40. The summed E-state index contributed by atoms with van der Waals surface area (Å²) in [5.41, 5.74) is 8.31. The Morgan fingerprint density at radius 3 is 1.65 bits per heavy atom. The van der Waals surface area contributed by atoms with Crippen molar-refractivity contribution in [2.24, 2.45) is 0 Å². The Bertz CT molecular complexity index is 2590. The molecular formula is C42H28O6. The number of fused-ring (bicyclic) bond motifs is 7. The minimum absolute atomic E-state index is 0.189. The number of aryl methyl sites for hydroxylation is 1. The molecule has 1 heterocycles. The van der Waals surface area contributed by atoms with E-state index in [1.165, 1.54) is 11.1 Å². The first-order valence-corrected chi connectivity index (χ1v) is 15.8. The van der Waals surface area contributed by atoms with Crippen molar-refractivity contribution in [2.45, 2.75) is 12.8 Å². The van der Waals surface area contributed by atoms with Crippen molar-refractivity contribution < 1.29 is 29.9 Å². The first kappa shape index (κ1) is 27.9. The molecular weight excluding hydrogens is 600 g/mol. The molecule has 0 bridgehead atoms. The fourth-order valence-corrected chi connectivity index (χ4v) is 7.48. The van der Waals surface area contributed by atoms with Crippen LogP contribution in [0.15, 0.2) is 114 Å². The highest BCUT2D eigenvalue weighted by Gasteiger charge is 2.25. The van der Waals surface area contributed by atoms with Crippen molar-refractivity contribution in [3.05, 3.63) is 120 Å². The summed E-state index contributed by atoms with van der Waals surface area (Å²) in [6, 6.07) is 34.4. The maximum Gasteiger partial charge on any atom is 0.208 e. The molecule has 0 unspecified atom stereocenters. The van der Waals surface area contributed by atoms with Crippen molar-refractivity contribution in [3.8, 4) is 62.1 Å². The zero-order valence-electron chi connectivity index (χ0n) is 25.5. The number of hydrogen-bond donors (Lipinski definition) is 5. The fourth-order valence-electron chi connectivity index (χ4n) is 7.48.